The number of esters is 1. The summed E-state index contributed by atoms with van der Waals surface area (Å²) < 4.78 is 75.5. The molecule has 3 unspecified atom stereocenters. The molecular formula is C35H40F5NO3. The summed E-state index contributed by atoms with van der Waals surface area (Å²) in [7, 11) is 0. The van der Waals surface area contributed by atoms with Crippen molar-refractivity contribution < 1.29 is 36.3 Å². The van der Waals surface area contributed by atoms with Gasteiger partial charge in [0.15, 0.2) is 0 Å². The fourth-order valence-electron chi connectivity index (χ4n) is 7.42. The number of carbonyl (C=O) groups excluding carboxylic acids is 2. The molecule has 3 aliphatic rings. The molecule has 1 saturated heterocycles. The highest BCUT2D eigenvalue weighted by molar-refractivity contribution is 5.94. The van der Waals surface area contributed by atoms with E-state index in [1.54, 1.807) is 12.1 Å². The van der Waals surface area contributed by atoms with E-state index >= 15 is 0 Å². The molecule has 5 atom stereocenters. The van der Waals surface area contributed by atoms with Gasteiger partial charge in [-0.1, -0.05) is 43.3 Å². The summed E-state index contributed by atoms with van der Waals surface area (Å²) in [4.78, 5) is 28.7. The van der Waals surface area contributed by atoms with Crippen LogP contribution in [0.25, 0.3) is 0 Å². The van der Waals surface area contributed by atoms with Crippen molar-refractivity contribution in [2.24, 2.45) is 11.8 Å². The Morgan fingerprint density at radius 2 is 1.77 bits per heavy atom. The van der Waals surface area contributed by atoms with Crippen molar-refractivity contribution in [1.82, 2.24) is 4.90 Å². The van der Waals surface area contributed by atoms with Gasteiger partial charge in [-0.15, -0.1) is 0 Å². The van der Waals surface area contributed by atoms with Gasteiger partial charge in [-0.25, -0.2) is 8.78 Å². The number of alkyl halides is 4. The first-order chi connectivity index (χ1) is 20.4. The Morgan fingerprint density at radius 1 is 1.05 bits per heavy atom. The topological polar surface area (TPSA) is 46.6 Å². The number of ether oxygens (including phenoxy) is 1. The van der Waals surface area contributed by atoms with E-state index in [-0.39, 0.29) is 29.8 Å². The molecule has 0 saturated carbocycles. The molecule has 1 heterocycles. The second-order valence-corrected chi connectivity index (χ2v) is 13.9. The lowest BCUT2D eigenvalue weighted by Crippen LogP contribution is -2.50. The van der Waals surface area contributed by atoms with Crippen LogP contribution in [0.4, 0.5) is 22.0 Å². The number of carbonyl (C=O) groups is 2. The standard InChI is InChI=1S/C35H40F5NO3/c1-21-17-24(9-12-27(21)31(43)44-32(2,3)4)30(42)41-16-15-34(20-22-7-6-8-26(36)18-22)28-13-11-25(33(5,37)35(38,39)40)19-23(28)10-14-29(34)41/h6-9,11,13,18-19,21,27,29H,10,12,14-17,20H2,1-5H3/t21-,27+,29?,33?,34?/m0/s1. The lowest BCUT2D eigenvalue weighted by molar-refractivity contribution is -0.228. The van der Waals surface area contributed by atoms with Crippen LogP contribution in [0.5, 0.6) is 0 Å². The second-order valence-electron chi connectivity index (χ2n) is 13.9. The van der Waals surface area contributed by atoms with Crippen molar-refractivity contribution >= 4 is 11.9 Å². The van der Waals surface area contributed by atoms with E-state index in [0.717, 1.165) is 11.1 Å². The largest absolute Gasteiger partial charge is 0.460 e. The number of halogens is 5. The summed E-state index contributed by atoms with van der Waals surface area (Å²) in [6.07, 6.45) is -0.627. The highest BCUT2D eigenvalue weighted by atomic mass is 19.4. The highest BCUT2D eigenvalue weighted by Gasteiger charge is 2.56. The minimum atomic E-state index is -5.07. The number of amides is 1. The van der Waals surface area contributed by atoms with E-state index in [9.17, 15) is 31.5 Å². The minimum Gasteiger partial charge on any atom is -0.460 e. The molecule has 5 rings (SSSR count). The first-order valence-corrected chi connectivity index (χ1v) is 15.3. The number of hydrogen-bond acceptors (Lipinski definition) is 3. The summed E-state index contributed by atoms with van der Waals surface area (Å²) in [6, 6.07) is 10.1. The van der Waals surface area contributed by atoms with Crippen LogP contribution in [0.15, 0.2) is 54.1 Å². The molecule has 44 heavy (non-hydrogen) atoms. The Hall–Kier alpha value is -3.23. The van der Waals surface area contributed by atoms with Gasteiger partial charge in [-0.05, 0) is 107 Å². The SMILES string of the molecule is C[C@H]1CC(C(=O)N2CCC3(Cc4cccc(F)c4)c4ccc(C(C)(F)C(F)(F)F)cc4CCC23)=CC[C@H]1C(=O)OC(C)(C)C. The van der Waals surface area contributed by atoms with Crippen LogP contribution in [-0.4, -0.2) is 41.1 Å². The summed E-state index contributed by atoms with van der Waals surface area (Å²) in [5.41, 5.74) is -2.47. The van der Waals surface area contributed by atoms with Crippen LogP contribution >= 0.6 is 0 Å². The quantitative estimate of drug-likeness (QED) is 0.253. The molecule has 0 N–H and O–H groups in total. The molecule has 0 radical (unpaired) electrons. The Kier molecular flexibility index (Phi) is 8.25. The van der Waals surface area contributed by atoms with E-state index in [1.165, 1.54) is 24.3 Å². The number of hydrogen-bond donors (Lipinski definition) is 0. The van der Waals surface area contributed by atoms with Crippen molar-refractivity contribution in [3.63, 3.8) is 0 Å². The third kappa shape index (κ3) is 5.91. The number of nitrogens with zero attached hydrogens (tertiary/aromatic N) is 1. The van der Waals surface area contributed by atoms with Crippen LogP contribution in [-0.2, 0) is 38.3 Å². The second kappa shape index (κ2) is 11.3. The molecular weight excluding hydrogens is 577 g/mol. The average Bonchev–Trinajstić information content (AvgIpc) is 3.29. The molecule has 0 bridgehead atoms. The van der Waals surface area contributed by atoms with Crippen molar-refractivity contribution in [1.29, 1.82) is 0 Å². The Balaban J connectivity index is 1.47. The van der Waals surface area contributed by atoms with Gasteiger partial charge in [0.2, 0.25) is 11.6 Å². The third-order valence-electron chi connectivity index (χ3n) is 9.72. The molecule has 238 valence electrons. The summed E-state index contributed by atoms with van der Waals surface area (Å²) in [5, 5.41) is 0. The molecule has 2 aromatic rings. The number of allylic oxidation sites excluding steroid dienone is 1. The first-order valence-electron chi connectivity index (χ1n) is 15.3. The maximum absolute atomic E-state index is 15.0. The zero-order valence-electron chi connectivity index (χ0n) is 25.9. The number of fused-ring (bicyclic) bond motifs is 3. The lowest BCUT2D eigenvalue weighted by Gasteiger charge is -2.44. The van der Waals surface area contributed by atoms with E-state index in [0.29, 0.717) is 63.1 Å². The molecule has 9 heteroatoms. The van der Waals surface area contributed by atoms with E-state index < -0.39 is 34.2 Å². The van der Waals surface area contributed by atoms with Gasteiger partial charge in [0.05, 0.1) is 5.92 Å². The molecule has 0 aromatic heterocycles. The van der Waals surface area contributed by atoms with Crippen LogP contribution < -0.4 is 0 Å². The Labute approximate surface area is 255 Å². The van der Waals surface area contributed by atoms with Crippen LogP contribution in [0.3, 0.4) is 0 Å². The Bertz CT molecular complexity index is 1470. The van der Waals surface area contributed by atoms with E-state index in [4.69, 9.17) is 4.74 Å². The molecule has 1 amide bonds. The van der Waals surface area contributed by atoms with Gasteiger partial charge < -0.3 is 9.64 Å². The molecule has 1 fully saturated rings. The number of benzene rings is 2. The van der Waals surface area contributed by atoms with Crippen LogP contribution in [0, 0.1) is 17.7 Å². The number of likely N-dealkylation sites (tertiary alicyclic amines) is 1. The third-order valence-corrected chi connectivity index (χ3v) is 9.72. The molecule has 0 spiro atoms. The maximum Gasteiger partial charge on any atom is 0.426 e. The maximum atomic E-state index is 15.0. The van der Waals surface area contributed by atoms with Gasteiger partial charge in [-0.3, -0.25) is 9.59 Å². The van der Waals surface area contributed by atoms with E-state index in [1.807, 2.05) is 44.7 Å². The van der Waals surface area contributed by atoms with Gasteiger partial charge in [0, 0.05) is 23.6 Å². The predicted octanol–water partition coefficient (Wildman–Crippen LogP) is 7.91. The molecule has 2 aromatic carbocycles. The number of aryl methyl sites for hydroxylation is 1. The normalized spacial score (nSPS) is 26.7. The zero-order chi connectivity index (χ0) is 32.2. The zero-order valence-corrected chi connectivity index (χ0v) is 25.9. The monoisotopic (exact) mass is 617 g/mol. The average molecular weight is 618 g/mol. The smallest absolute Gasteiger partial charge is 0.426 e. The van der Waals surface area contributed by atoms with Crippen LogP contribution in [0.2, 0.25) is 0 Å². The van der Waals surface area contributed by atoms with Crippen LogP contribution in [0.1, 0.15) is 82.6 Å². The predicted molar refractivity (Wildman–Crippen MR) is 157 cm³/mol. The van der Waals surface area contributed by atoms with Crippen molar-refractivity contribution in [2.45, 2.75) is 102 Å². The van der Waals surface area contributed by atoms with Gasteiger partial charge in [0.1, 0.15) is 11.4 Å². The lowest BCUT2D eigenvalue weighted by atomic mass is 9.63. The first kappa shape index (κ1) is 32.2. The molecule has 4 nitrogen and oxygen atoms in total. The van der Waals surface area contributed by atoms with E-state index in [2.05, 4.69) is 0 Å². The van der Waals surface area contributed by atoms with Crippen molar-refractivity contribution in [3.05, 3.63) is 82.2 Å². The fraction of sp³-hybridized carbons (Fsp3) is 0.543. The highest BCUT2D eigenvalue weighted by Crippen LogP contribution is 2.51. The minimum absolute atomic E-state index is 0.0948. The molecule has 1 aliphatic heterocycles. The van der Waals surface area contributed by atoms with Gasteiger partial charge in [0.25, 0.3) is 0 Å². The summed E-state index contributed by atoms with van der Waals surface area (Å²) in [6.45, 7) is 8.36. The van der Waals surface area contributed by atoms with Gasteiger partial charge in [-0.2, -0.15) is 13.2 Å². The van der Waals surface area contributed by atoms with Crippen molar-refractivity contribution in [2.75, 3.05) is 6.54 Å². The summed E-state index contributed by atoms with van der Waals surface area (Å²) >= 11 is 0. The van der Waals surface area contributed by atoms with Gasteiger partial charge >= 0.3 is 12.1 Å². The summed E-state index contributed by atoms with van der Waals surface area (Å²) in [5.74, 6) is -1.22. The Morgan fingerprint density at radius 3 is 2.41 bits per heavy atom. The fourth-order valence-corrected chi connectivity index (χ4v) is 7.42. The van der Waals surface area contributed by atoms with Crippen molar-refractivity contribution in [3.8, 4) is 0 Å². The molecule has 2 aliphatic carbocycles. The number of rotatable bonds is 5.